The number of hydrogen-bond acceptors (Lipinski definition) is 4. The van der Waals surface area contributed by atoms with Crippen molar-refractivity contribution in [2.24, 2.45) is 4.99 Å². The number of anilines is 1. The van der Waals surface area contributed by atoms with E-state index in [4.69, 9.17) is 9.47 Å². The van der Waals surface area contributed by atoms with Crippen molar-refractivity contribution in [2.45, 2.75) is 18.9 Å². The zero-order valence-corrected chi connectivity index (χ0v) is 15.6. The molecule has 27 heavy (non-hydrogen) atoms. The first kappa shape index (κ1) is 17.5. The van der Waals surface area contributed by atoms with Crippen LogP contribution in [0.1, 0.15) is 12.0 Å². The van der Waals surface area contributed by atoms with E-state index < -0.39 is 0 Å². The summed E-state index contributed by atoms with van der Waals surface area (Å²) in [5, 5.41) is 6.96. The third-order valence-corrected chi connectivity index (χ3v) is 5.02. The van der Waals surface area contributed by atoms with Gasteiger partial charge in [-0.25, -0.2) is 0 Å². The first-order chi connectivity index (χ1) is 13.3. The van der Waals surface area contributed by atoms with Crippen LogP contribution in [0.4, 0.5) is 5.69 Å². The highest BCUT2D eigenvalue weighted by Gasteiger charge is 2.23. The van der Waals surface area contributed by atoms with Crippen LogP contribution in [-0.2, 0) is 6.42 Å². The van der Waals surface area contributed by atoms with E-state index in [1.165, 1.54) is 11.3 Å². The highest BCUT2D eigenvalue weighted by atomic mass is 16.7. The van der Waals surface area contributed by atoms with E-state index in [-0.39, 0.29) is 0 Å². The molecule has 0 aliphatic carbocycles. The van der Waals surface area contributed by atoms with Gasteiger partial charge in [-0.05, 0) is 42.7 Å². The zero-order valence-electron chi connectivity index (χ0n) is 15.6. The summed E-state index contributed by atoms with van der Waals surface area (Å²) < 4.78 is 10.8. The fraction of sp³-hybridized carbons (Fsp3) is 0.381. The van der Waals surface area contributed by atoms with Crippen LogP contribution in [0.25, 0.3) is 0 Å². The third-order valence-electron chi connectivity index (χ3n) is 5.02. The second kappa shape index (κ2) is 8.20. The molecule has 2 aliphatic heterocycles. The average molecular weight is 366 g/mol. The Morgan fingerprint density at radius 3 is 2.85 bits per heavy atom. The van der Waals surface area contributed by atoms with E-state index in [1.807, 2.05) is 13.1 Å². The number of nitrogens with zero attached hydrogens (tertiary/aromatic N) is 2. The second-order valence-corrected chi connectivity index (χ2v) is 6.85. The molecule has 1 saturated heterocycles. The van der Waals surface area contributed by atoms with Gasteiger partial charge in [-0.2, -0.15) is 0 Å². The summed E-state index contributed by atoms with van der Waals surface area (Å²) in [6.45, 7) is 3.19. The van der Waals surface area contributed by atoms with E-state index in [0.29, 0.717) is 12.8 Å². The van der Waals surface area contributed by atoms with Crippen LogP contribution in [0, 0.1) is 0 Å². The van der Waals surface area contributed by atoms with Gasteiger partial charge in [0.2, 0.25) is 6.79 Å². The van der Waals surface area contributed by atoms with Crippen molar-refractivity contribution in [3.8, 4) is 11.5 Å². The van der Waals surface area contributed by atoms with Gasteiger partial charge < -0.3 is 25.0 Å². The van der Waals surface area contributed by atoms with Crippen LogP contribution in [0.15, 0.2) is 53.5 Å². The summed E-state index contributed by atoms with van der Waals surface area (Å²) in [6, 6.07) is 17.1. The fourth-order valence-corrected chi connectivity index (χ4v) is 3.56. The molecular weight excluding hydrogens is 340 g/mol. The van der Waals surface area contributed by atoms with Crippen LogP contribution in [0.5, 0.6) is 11.5 Å². The number of aliphatic imine (C=N–C) groups is 1. The molecule has 2 aliphatic rings. The predicted molar refractivity (Wildman–Crippen MR) is 108 cm³/mol. The lowest BCUT2D eigenvalue weighted by atomic mass is 10.1. The molecule has 0 spiro atoms. The van der Waals surface area contributed by atoms with E-state index >= 15 is 0 Å². The van der Waals surface area contributed by atoms with Crippen LogP contribution < -0.4 is 25.0 Å². The smallest absolute Gasteiger partial charge is 0.231 e. The standard InChI is InChI=1S/C21H26N4O2/c1-22-21(23-11-9-16-7-8-19-20(13-16)27-15-26-19)24-17-10-12-25(14-17)18-5-3-2-4-6-18/h2-8,13,17H,9-12,14-15H2,1H3,(H2,22,23,24). The van der Waals surface area contributed by atoms with E-state index in [0.717, 1.165) is 49.9 Å². The van der Waals surface area contributed by atoms with Crippen molar-refractivity contribution in [1.29, 1.82) is 0 Å². The number of para-hydroxylation sites is 1. The number of hydrogen-bond donors (Lipinski definition) is 2. The van der Waals surface area contributed by atoms with Crippen molar-refractivity contribution >= 4 is 11.6 Å². The maximum absolute atomic E-state index is 5.44. The first-order valence-corrected chi connectivity index (χ1v) is 9.47. The highest BCUT2D eigenvalue weighted by molar-refractivity contribution is 5.80. The van der Waals surface area contributed by atoms with Crippen LogP contribution in [0.3, 0.4) is 0 Å². The molecule has 2 heterocycles. The summed E-state index contributed by atoms with van der Waals surface area (Å²) in [5.41, 5.74) is 2.51. The normalized spacial score (nSPS) is 18.6. The molecule has 2 aromatic rings. The number of benzene rings is 2. The van der Waals surface area contributed by atoms with Gasteiger partial charge in [0.1, 0.15) is 0 Å². The number of ether oxygens (including phenoxy) is 2. The summed E-state index contributed by atoms with van der Waals surface area (Å²) >= 11 is 0. The first-order valence-electron chi connectivity index (χ1n) is 9.47. The van der Waals surface area contributed by atoms with Gasteiger partial charge in [-0.1, -0.05) is 24.3 Å². The Bertz CT molecular complexity index is 794. The van der Waals surface area contributed by atoms with Gasteiger partial charge in [0.15, 0.2) is 17.5 Å². The lowest BCUT2D eigenvalue weighted by molar-refractivity contribution is 0.174. The second-order valence-electron chi connectivity index (χ2n) is 6.85. The van der Waals surface area contributed by atoms with Gasteiger partial charge in [-0.3, -0.25) is 4.99 Å². The number of rotatable bonds is 5. The van der Waals surface area contributed by atoms with Gasteiger partial charge in [0.25, 0.3) is 0 Å². The molecule has 0 saturated carbocycles. The Morgan fingerprint density at radius 2 is 2.00 bits per heavy atom. The summed E-state index contributed by atoms with van der Waals surface area (Å²) in [5.74, 6) is 2.52. The highest BCUT2D eigenvalue weighted by Crippen LogP contribution is 2.32. The molecule has 2 N–H and O–H groups in total. The maximum Gasteiger partial charge on any atom is 0.231 e. The quantitative estimate of drug-likeness (QED) is 0.629. The van der Waals surface area contributed by atoms with Gasteiger partial charge in [0.05, 0.1) is 0 Å². The van der Waals surface area contributed by atoms with Crippen molar-refractivity contribution in [1.82, 2.24) is 10.6 Å². The van der Waals surface area contributed by atoms with Gasteiger partial charge >= 0.3 is 0 Å². The van der Waals surface area contributed by atoms with Crippen molar-refractivity contribution in [2.75, 3.05) is 38.4 Å². The minimum Gasteiger partial charge on any atom is -0.454 e. The largest absolute Gasteiger partial charge is 0.454 e. The molecule has 4 rings (SSSR count). The molecule has 0 aromatic heterocycles. The number of fused-ring (bicyclic) bond motifs is 1. The topological polar surface area (TPSA) is 58.1 Å². The Kier molecular flexibility index (Phi) is 5.32. The number of guanidine groups is 1. The van der Waals surface area contributed by atoms with Crippen LogP contribution in [-0.4, -0.2) is 45.5 Å². The van der Waals surface area contributed by atoms with Crippen molar-refractivity contribution < 1.29 is 9.47 Å². The molecule has 1 atom stereocenters. The van der Waals surface area contributed by atoms with Crippen molar-refractivity contribution in [3.63, 3.8) is 0 Å². The SMILES string of the molecule is CN=C(NCCc1ccc2c(c1)OCO2)NC1CCN(c2ccccc2)C1. The molecule has 0 radical (unpaired) electrons. The molecule has 0 amide bonds. The molecule has 6 heteroatoms. The summed E-state index contributed by atoms with van der Waals surface area (Å²) in [6.07, 6.45) is 2.01. The molecule has 2 aromatic carbocycles. The molecule has 6 nitrogen and oxygen atoms in total. The maximum atomic E-state index is 5.44. The Labute approximate surface area is 160 Å². The molecule has 1 fully saturated rings. The summed E-state index contributed by atoms with van der Waals surface area (Å²) in [7, 11) is 1.82. The van der Waals surface area contributed by atoms with E-state index in [1.54, 1.807) is 0 Å². The van der Waals surface area contributed by atoms with Gasteiger partial charge in [-0.15, -0.1) is 0 Å². The molecular formula is C21H26N4O2. The fourth-order valence-electron chi connectivity index (χ4n) is 3.56. The minimum atomic E-state index is 0.314. The molecule has 142 valence electrons. The third kappa shape index (κ3) is 4.27. The average Bonchev–Trinajstić information content (AvgIpc) is 3.37. The Morgan fingerprint density at radius 1 is 1.15 bits per heavy atom. The van der Waals surface area contributed by atoms with Crippen molar-refractivity contribution in [3.05, 3.63) is 54.1 Å². The lowest BCUT2D eigenvalue weighted by Gasteiger charge is -2.20. The number of nitrogens with one attached hydrogen (secondary N) is 2. The summed E-state index contributed by atoms with van der Waals surface area (Å²) in [4.78, 5) is 6.78. The molecule has 0 bridgehead atoms. The lowest BCUT2D eigenvalue weighted by Crippen LogP contribution is -2.45. The Balaban J connectivity index is 1.24. The van der Waals surface area contributed by atoms with Crippen LogP contribution >= 0.6 is 0 Å². The van der Waals surface area contributed by atoms with E-state index in [2.05, 4.69) is 63.0 Å². The Hall–Kier alpha value is -2.89. The van der Waals surface area contributed by atoms with Gasteiger partial charge in [0, 0.05) is 38.4 Å². The van der Waals surface area contributed by atoms with E-state index in [9.17, 15) is 0 Å². The minimum absolute atomic E-state index is 0.314. The molecule has 1 unspecified atom stereocenters. The monoisotopic (exact) mass is 366 g/mol. The van der Waals surface area contributed by atoms with Crippen LogP contribution in [0.2, 0.25) is 0 Å². The zero-order chi connectivity index (χ0) is 18.5. The predicted octanol–water partition coefficient (Wildman–Crippen LogP) is 2.40.